The normalized spacial score (nSPS) is 12.3. The molecule has 0 aliphatic carbocycles. The summed E-state index contributed by atoms with van der Waals surface area (Å²) in [6.45, 7) is 7.26. The summed E-state index contributed by atoms with van der Waals surface area (Å²) in [5.74, 6) is 1.72. The van der Waals surface area contributed by atoms with E-state index in [0.29, 0.717) is 0 Å². The van der Waals surface area contributed by atoms with Crippen LogP contribution in [0, 0.1) is 5.41 Å². The third kappa shape index (κ3) is 4.22. The van der Waals surface area contributed by atoms with Crippen LogP contribution in [0.25, 0.3) is 11.0 Å². The van der Waals surface area contributed by atoms with Crippen LogP contribution in [0.2, 0.25) is 0 Å². The number of hydrogen-bond acceptors (Lipinski definition) is 4. The lowest BCUT2D eigenvalue weighted by atomic mass is 9.93. The third-order valence-electron chi connectivity index (χ3n) is 3.43. The zero-order valence-corrected chi connectivity index (χ0v) is 13.7. The first kappa shape index (κ1) is 15.9. The minimum Gasteiger partial charge on any atom is -0.493 e. The molecule has 0 fully saturated rings. The molecule has 2 rings (SSSR count). The topological polar surface area (TPSA) is 37.6 Å². The van der Waals surface area contributed by atoms with Crippen LogP contribution in [-0.2, 0) is 6.54 Å². The van der Waals surface area contributed by atoms with Gasteiger partial charge in [0.25, 0.3) is 0 Å². The van der Waals surface area contributed by atoms with E-state index in [1.165, 1.54) is 0 Å². The molecule has 4 nitrogen and oxygen atoms in total. The number of furan rings is 1. The minimum atomic E-state index is 0.229. The highest BCUT2D eigenvalue weighted by molar-refractivity contribution is 5.83. The zero-order valence-electron chi connectivity index (χ0n) is 13.7. The molecule has 0 aliphatic rings. The number of benzene rings is 1. The summed E-state index contributed by atoms with van der Waals surface area (Å²) in [5, 5.41) is 4.57. The zero-order chi connectivity index (χ0) is 15.5. The fraction of sp³-hybridized carbons (Fsp3) is 0.529. The average molecular weight is 290 g/mol. The fourth-order valence-electron chi connectivity index (χ4n) is 2.77. The summed E-state index contributed by atoms with van der Waals surface area (Å²) >= 11 is 0. The van der Waals surface area contributed by atoms with E-state index in [9.17, 15) is 0 Å². The summed E-state index contributed by atoms with van der Waals surface area (Å²) in [5.41, 5.74) is 1.05. The smallest absolute Gasteiger partial charge is 0.176 e. The van der Waals surface area contributed by atoms with Gasteiger partial charge in [-0.2, -0.15) is 0 Å². The molecule has 0 spiro atoms. The van der Waals surface area contributed by atoms with Gasteiger partial charge < -0.3 is 19.4 Å². The molecule has 0 unspecified atom stereocenters. The molecule has 0 saturated heterocycles. The lowest BCUT2D eigenvalue weighted by molar-refractivity contribution is 0.230. The fourth-order valence-corrected chi connectivity index (χ4v) is 2.77. The van der Waals surface area contributed by atoms with E-state index < -0.39 is 0 Å². The lowest BCUT2D eigenvalue weighted by Crippen LogP contribution is -2.37. The highest BCUT2D eigenvalue weighted by Crippen LogP contribution is 2.28. The van der Waals surface area contributed by atoms with Gasteiger partial charge in [-0.3, -0.25) is 0 Å². The Labute approximate surface area is 127 Å². The van der Waals surface area contributed by atoms with Crippen molar-refractivity contribution in [3.63, 3.8) is 0 Å². The van der Waals surface area contributed by atoms with E-state index in [4.69, 9.17) is 9.15 Å². The standard InChI is InChI=1S/C17H26N2O2/c1-17(2,12-19(3)4)11-18-10-14-9-13-7-6-8-15(20-5)16(13)21-14/h6-9,18H,10-12H2,1-5H3. The lowest BCUT2D eigenvalue weighted by Gasteiger charge is -2.28. The van der Waals surface area contributed by atoms with Crippen molar-refractivity contribution in [3.8, 4) is 5.75 Å². The van der Waals surface area contributed by atoms with E-state index in [0.717, 1.165) is 42.1 Å². The first-order chi connectivity index (χ1) is 9.91. The van der Waals surface area contributed by atoms with Crippen LogP contribution in [0.3, 0.4) is 0 Å². The Kier molecular flexibility index (Phi) is 4.91. The van der Waals surface area contributed by atoms with Gasteiger partial charge in [0.15, 0.2) is 11.3 Å². The molecule has 1 aromatic carbocycles. The molecule has 1 N–H and O–H groups in total. The molecular weight excluding hydrogens is 264 g/mol. The van der Waals surface area contributed by atoms with Gasteiger partial charge in [-0.05, 0) is 31.6 Å². The number of ether oxygens (including phenoxy) is 1. The molecular formula is C17H26N2O2. The van der Waals surface area contributed by atoms with Crippen molar-refractivity contribution in [1.29, 1.82) is 0 Å². The first-order valence-corrected chi connectivity index (χ1v) is 7.32. The Balaban J connectivity index is 1.98. The van der Waals surface area contributed by atoms with Crippen LogP contribution >= 0.6 is 0 Å². The summed E-state index contributed by atoms with van der Waals surface area (Å²) in [6.07, 6.45) is 0. The molecule has 0 bridgehead atoms. The van der Waals surface area contributed by atoms with Gasteiger partial charge in [0, 0.05) is 18.5 Å². The second-order valence-electron chi connectivity index (χ2n) is 6.60. The quantitative estimate of drug-likeness (QED) is 0.850. The number of rotatable bonds is 7. The molecule has 0 aliphatic heterocycles. The monoisotopic (exact) mass is 290 g/mol. The summed E-state index contributed by atoms with van der Waals surface area (Å²) < 4.78 is 11.2. The largest absolute Gasteiger partial charge is 0.493 e. The third-order valence-corrected chi connectivity index (χ3v) is 3.43. The van der Waals surface area contributed by atoms with Crippen molar-refractivity contribution in [2.24, 2.45) is 5.41 Å². The molecule has 4 heteroatoms. The van der Waals surface area contributed by atoms with Crippen LogP contribution in [0.4, 0.5) is 0 Å². The molecule has 1 heterocycles. The van der Waals surface area contributed by atoms with Gasteiger partial charge in [0.2, 0.25) is 0 Å². The van der Waals surface area contributed by atoms with Gasteiger partial charge in [0.05, 0.1) is 13.7 Å². The van der Waals surface area contributed by atoms with Crippen molar-refractivity contribution in [3.05, 3.63) is 30.0 Å². The second kappa shape index (κ2) is 6.50. The number of methoxy groups -OCH3 is 1. The van der Waals surface area contributed by atoms with Gasteiger partial charge in [0.1, 0.15) is 5.76 Å². The van der Waals surface area contributed by atoms with E-state index in [1.54, 1.807) is 7.11 Å². The molecule has 116 valence electrons. The van der Waals surface area contributed by atoms with Gasteiger partial charge in [-0.15, -0.1) is 0 Å². The Bertz CT molecular complexity index is 587. The van der Waals surface area contributed by atoms with Crippen molar-refractivity contribution in [2.45, 2.75) is 20.4 Å². The molecule has 1 aromatic heterocycles. The predicted octanol–water partition coefficient (Wildman–Crippen LogP) is 3.12. The van der Waals surface area contributed by atoms with Gasteiger partial charge in [-0.1, -0.05) is 26.0 Å². The van der Waals surface area contributed by atoms with Crippen LogP contribution < -0.4 is 10.1 Å². The van der Waals surface area contributed by atoms with Crippen molar-refractivity contribution in [2.75, 3.05) is 34.3 Å². The summed E-state index contributed by atoms with van der Waals surface area (Å²) in [4.78, 5) is 2.22. The Morgan fingerprint density at radius 2 is 2.05 bits per heavy atom. The SMILES string of the molecule is COc1cccc2cc(CNCC(C)(C)CN(C)C)oc12. The number of hydrogen-bond donors (Lipinski definition) is 1. The minimum absolute atomic E-state index is 0.229. The highest BCUT2D eigenvalue weighted by atomic mass is 16.5. The molecule has 0 amide bonds. The maximum Gasteiger partial charge on any atom is 0.176 e. The highest BCUT2D eigenvalue weighted by Gasteiger charge is 2.18. The molecule has 21 heavy (non-hydrogen) atoms. The summed E-state index contributed by atoms with van der Waals surface area (Å²) in [7, 11) is 5.87. The molecule has 2 aromatic rings. The maximum atomic E-state index is 5.89. The van der Waals surface area contributed by atoms with Crippen LogP contribution in [0.15, 0.2) is 28.7 Å². The van der Waals surface area contributed by atoms with Crippen LogP contribution in [-0.4, -0.2) is 39.2 Å². The van der Waals surface area contributed by atoms with Crippen molar-refractivity contribution in [1.82, 2.24) is 10.2 Å². The molecule has 0 radical (unpaired) electrons. The maximum absolute atomic E-state index is 5.89. The van der Waals surface area contributed by atoms with Gasteiger partial charge >= 0.3 is 0 Å². The molecule has 0 saturated carbocycles. The Morgan fingerprint density at radius 3 is 2.71 bits per heavy atom. The number of nitrogens with zero attached hydrogens (tertiary/aromatic N) is 1. The van der Waals surface area contributed by atoms with E-state index in [2.05, 4.69) is 44.2 Å². The van der Waals surface area contributed by atoms with Gasteiger partial charge in [-0.25, -0.2) is 0 Å². The Morgan fingerprint density at radius 1 is 1.29 bits per heavy atom. The summed E-state index contributed by atoms with van der Waals surface area (Å²) in [6, 6.07) is 8.02. The Hall–Kier alpha value is -1.52. The van der Waals surface area contributed by atoms with E-state index in [-0.39, 0.29) is 5.41 Å². The predicted molar refractivity (Wildman–Crippen MR) is 86.8 cm³/mol. The van der Waals surface area contributed by atoms with Crippen LogP contribution in [0.5, 0.6) is 5.75 Å². The first-order valence-electron chi connectivity index (χ1n) is 7.32. The number of fused-ring (bicyclic) bond motifs is 1. The van der Waals surface area contributed by atoms with Crippen molar-refractivity contribution < 1.29 is 9.15 Å². The van der Waals surface area contributed by atoms with E-state index in [1.807, 2.05) is 18.2 Å². The van der Waals surface area contributed by atoms with E-state index >= 15 is 0 Å². The number of para-hydroxylation sites is 1. The number of nitrogens with one attached hydrogen (secondary N) is 1. The average Bonchev–Trinajstić information content (AvgIpc) is 2.79. The van der Waals surface area contributed by atoms with Crippen LogP contribution in [0.1, 0.15) is 19.6 Å². The van der Waals surface area contributed by atoms with Crippen molar-refractivity contribution >= 4 is 11.0 Å². The molecule has 0 atom stereocenters. The second-order valence-corrected chi connectivity index (χ2v) is 6.60.